The standard InChI is InChI=1S/C15H18FN5O3/c1-10-14-19-18-12(8-24-15-11(16)4-3-5-17-15)21(14)7-6-20(10)13(22)9-23-2/h3-5,10H,6-9H2,1-2H3/t10-/m0/s1. The minimum atomic E-state index is -0.527. The average Bonchev–Trinajstić information content (AvgIpc) is 2.99. The van der Waals surface area contributed by atoms with E-state index in [-0.39, 0.29) is 31.0 Å². The van der Waals surface area contributed by atoms with Crippen LogP contribution in [0.25, 0.3) is 0 Å². The van der Waals surface area contributed by atoms with Crippen molar-refractivity contribution in [1.82, 2.24) is 24.6 Å². The SMILES string of the molecule is COCC(=O)N1CCn2c(COc3ncccc3F)nnc2[C@@H]1C. The van der Waals surface area contributed by atoms with Gasteiger partial charge in [-0.05, 0) is 19.1 Å². The summed E-state index contributed by atoms with van der Waals surface area (Å²) in [4.78, 5) is 17.6. The Labute approximate surface area is 138 Å². The average molecular weight is 335 g/mol. The molecule has 0 radical (unpaired) electrons. The van der Waals surface area contributed by atoms with Crippen molar-refractivity contribution >= 4 is 5.91 Å². The molecule has 2 aromatic rings. The summed E-state index contributed by atoms with van der Waals surface area (Å²) in [6, 6.07) is 2.56. The fourth-order valence-electron chi connectivity index (χ4n) is 2.71. The van der Waals surface area contributed by atoms with Gasteiger partial charge in [0.2, 0.25) is 5.91 Å². The number of ether oxygens (including phenoxy) is 2. The molecule has 0 spiro atoms. The number of hydrogen-bond donors (Lipinski definition) is 0. The number of carbonyl (C=O) groups excluding carboxylic acids is 1. The van der Waals surface area contributed by atoms with Crippen LogP contribution in [-0.2, 0) is 22.7 Å². The summed E-state index contributed by atoms with van der Waals surface area (Å²) in [6.45, 7) is 3.05. The molecule has 0 fully saturated rings. The first-order valence-corrected chi connectivity index (χ1v) is 7.55. The Kier molecular flexibility index (Phi) is 4.70. The number of fused-ring (bicyclic) bond motifs is 1. The monoisotopic (exact) mass is 335 g/mol. The highest BCUT2D eigenvalue weighted by atomic mass is 19.1. The molecule has 1 atom stereocenters. The highest BCUT2D eigenvalue weighted by Gasteiger charge is 2.31. The first-order chi connectivity index (χ1) is 11.6. The normalized spacial score (nSPS) is 16.8. The Morgan fingerprint density at radius 1 is 1.42 bits per heavy atom. The van der Waals surface area contributed by atoms with Crippen molar-refractivity contribution in [2.24, 2.45) is 0 Å². The van der Waals surface area contributed by atoms with Crippen molar-refractivity contribution < 1.29 is 18.7 Å². The van der Waals surface area contributed by atoms with E-state index in [4.69, 9.17) is 9.47 Å². The smallest absolute Gasteiger partial charge is 0.250 e. The molecule has 2 aromatic heterocycles. The lowest BCUT2D eigenvalue weighted by molar-refractivity contribution is -0.138. The third kappa shape index (κ3) is 3.07. The van der Waals surface area contributed by atoms with E-state index in [1.165, 1.54) is 25.4 Å². The number of hydrogen-bond acceptors (Lipinski definition) is 6. The molecule has 0 aromatic carbocycles. The van der Waals surface area contributed by atoms with Gasteiger partial charge in [-0.15, -0.1) is 10.2 Å². The van der Waals surface area contributed by atoms with Gasteiger partial charge in [0.05, 0.1) is 6.04 Å². The lowest BCUT2D eigenvalue weighted by Crippen LogP contribution is -2.43. The number of rotatable bonds is 5. The van der Waals surface area contributed by atoms with Gasteiger partial charge >= 0.3 is 0 Å². The van der Waals surface area contributed by atoms with E-state index >= 15 is 0 Å². The molecule has 9 heteroatoms. The molecule has 0 saturated carbocycles. The van der Waals surface area contributed by atoms with Crippen molar-refractivity contribution in [2.75, 3.05) is 20.3 Å². The van der Waals surface area contributed by atoms with Crippen LogP contribution < -0.4 is 4.74 Å². The van der Waals surface area contributed by atoms with E-state index in [9.17, 15) is 9.18 Å². The Hall–Kier alpha value is -2.55. The lowest BCUT2D eigenvalue weighted by Gasteiger charge is -2.33. The van der Waals surface area contributed by atoms with Crippen LogP contribution in [0.3, 0.4) is 0 Å². The van der Waals surface area contributed by atoms with E-state index < -0.39 is 5.82 Å². The highest BCUT2D eigenvalue weighted by Crippen LogP contribution is 2.25. The Morgan fingerprint density at radius 3 is 3.00 bits per heavy atom. The maximum absolute atomic E-state index is 13.5. The van der Waals surface area contributed by atoms with Crippen molar-refractivity contribution in [2.45, 2.75) is 26.1 Å². The zero-order valence-electron chi connectivity index (χ0n) is 13.5. The zero-order valence-corrected chi connectivity index (χ0v) is 13.5. The van der Waals surface area contributed by atoms with Crippen LogP contribution in [0.2, 0.25) is 0 Å². The van der Waals surface area contributed by atoms with Gasteiger partial charge in [0, 0.05) is 26.4 Å². The second-order valence-corrected chi connectivity index (χ2v) is 5.40. The van der Waals surface area contributed by atoms with Crippen molar-refractivity contribution in [1.29, 1.82) is 0 Å². The van der Waals surface area contributed by atoms with Crippen LogP contribution in [0.4, 0.5) is 4.39 Å². The molecule has 3 rings (SSSR count). The number of aromatic nitrogens is 4. The largest absolute Gasteiger partial charge is 0.467 e. The maximum atomic E-state index is 13.5. The number of carbonyl (C=O) groups is 1. The fraction of sp³-hybridized carbons (Fsp3) is 0.467. The van der Waals surface area contributed by atoms with E-state index in [2.05, 4.69) is 15.2 Å². The van der Waals surface area contributed by atoms with Crippen LogP contribution in [-0.4, -0.2) is 50.8 Å². The third-order valence-electron chi connectivity index (χ3n) is 3.91. The first kappa shape index (κ1) is 16.3. The summed E-state index contributed by atoms with van der Waals surface area (Å²) in [7, 11) is 1.49. The molecule has 0 bridgehead atoms. The molecule has 1 aliphatic heterocycles. The van der Waals surface area contributed by atoms with E-state index in [1.807, 2.05) is 11.5 Å². The van der Waals surface area contributed by atoms with Crippen LogP contribution in [0, 0.1) is 5.82 Å². The van der Waals surface area contributed by atoms with E-state index in [0.29, 0.717) is 24.7 Å². The maximum Gasteiger partial charge on any atom is 0.250 e. The number of pyridine rings is 1. The Balaban J connectivity index is 1.73. The Bertz CT molecular complexity index is 736. The predicted molar refractivity (Wildman–Crippen MR) is 80.6 cm³/mol. The molecule has 0 aliphatic carbocycles. The summed E-state index contributed by atoms with van der Waals surface area (Å²) in [6.07, 6.45) is 1.46. The molecule has 8 nitrogen and oxygen atoms in total. The summed E-state index contributed by atoms with van der Waals surface area (Å²) < 4.78 is 25.7. The fourth-order valence-corrected chi connectivity index (χ4v) is 2.71. The molecule has 1 aliphatic rings. The lowest BCUT2D eigenvalue weighted by atomic mass is 10.2. The summed E-state index contributed by atoms with van der Waals surface area (Å²) in [5.41, 5.74) is 0. The molecule has 0 saturated heterocycles. The second kappa shape index (κ2) is 6.91. The highest BCUT2D eigenvalue weighted by molar-refractivity contribution is 5.78. The summed E-state index contributed by atoms with van der Waals surface area (Å²) in [5, 5.41) is 8.25. The number of nitrogens with zero attached hydrogens (tertiary/aromatic N) is 5. The molecule has 3 heterocycles. The Morgan fingerprint density at radius 2 is 2.25 bits per heavy atom. The molecule has 24 heavy (non-hydrogen) atoms. The van der Waals surface area contributed by atoms with Gasteiger partial charge in [0.25, 0.3) is 5.88 Å². The molecule has 1 amide bonds. The van der Waals surface area contributed by atoms with Gasteiger partial charge in [-0.25, -0.2) is 9.37 Å². The minimum absolute atomic E-state index is 0.0351. The van der Waals surface area contributed by atoms with Crippen LogP contribution in [0.1, 0.15) is 24.6 Å². The van der Waals surface area contributed by atoms with E-state index in [0.717, 1.165) is 0 Å². The van der Waals surface area contributed by atoms with Gasteiger partial charge in [0.1, 0.15) is 13.2 Å². The number of amides is 1. The first-order valence-electron chi connectivity index (χ1n) is 7.55. The molecule has 0 N–H and O–H groups in total. The van der Waals surface area contributed by atoms with Gasteiger partial charge < -0.3 is 18.9 Å². The zero-order chi connectivity index (χ0) is 17.1. The van der Waals surface area contributed by atoms with Crippen LogP contribution in [0.15, 0.2) is 18.3 Å². The van der Waals surface area contributed by atoms with Crippen molar-refractivity contribution in [3.8, 4) is 5.88 Å². The number of methoxy groups -OCH3 is 1. The second-order valence-electron chi connectivity index (χ2n) is 5.40. The van der Waals surface area contributed by atoms with Crippen molar-refractivity contribution in [3.63, 3.8) is 0 Å². The predicted octanol–water partition coefficient (Wildman–Crippen LogP) is 0.941. The van der Waals surface area contributed by atoms with Gasteiger partial charge in [0.15, 0.2) is 17.5 Å². The summed E-state index contributed by atoms with van der Waals surface area (Å²) in [5.74, 6) is 0.551. The summed E-state index contributed by atoms with van der Waals surface area (Å²) >= 11 is 0. The van der Waals surface area contributed by atoms with E-state index in [1.54, 1.807) is 4.90 Å². The molecule has 0 unspecified atom stereocenters. The minimum Gasteiger partial charge on any atom is -0.467 e. The topological polar surface area (TPSA) is 82.4 Å². The van der Waals surface area contributed by atoms with Gasteiger partial charge in [-0.3, -0.25) is 4.79 Å². The molecular weight excluding hydrogens is 317 g/mol. The van der Waals surface area contributed by atoms with Crippen LogP contribution >= 0.6 is 0 Å². The van der Waals surface area contributed by atoms with Crippen molar-refractivity contribution in [3.05, 3.63) is 35.8 Å². The van der Waals surface area contributed by atoms with Gasteiger partial charge in [-0.1, -0.05) is 0 Å². The quantitative estimate of drug-likeness (QED) is 0.809. The number of halogens is 1. The molecular formula is C15H18FN5O3. The van der Waals surface area contributed by atoms with Crippen LogP contribution in [0.5, 0.6) is 5.88 Å². The third-order valence-corrected chi connectivity index (χ3v) is 3.91. The van der Waals surface area contributed by atoms with Gasteiger partial charge in [-0.2, -0.15) is 0 Å². The molecule has 128 valence electrons.